The summed E-state index contributed by atoms with van der Waals surface area (Å²) in [5.41, 5.74) is 0. The van der Waals surface area contributed by atoms with Crippen molar-refractivity contribution in [3.05, 3.63) is 0 Å². The van der Waals surface area contributed by atoms with Gasteiger partial charge in [0.05, 0.1) is 6.61 Å². The highest BCUT2D eigenvalue weighted by Crippen LogP contribution is 2.15. The van der Waals surface area contributed by atoms with E-state index in [0.29, 0.717) is 19.2 Å². The number of esters is 1. The van der Waals surface area contributed by atoms with E-state index in [1.54, 1.807) is 0 Å². The number of carbonyl (C=O) groups is 1. The van der Waals surface area contributed by atoms with Gasteiger partial charge in [-0.2, -0.15) is 0 Å². The van der Waals surface area contributed by atoms with Crippen LogP contribution in [0.15, 0.2) is 0 Å². The number of rotatable bonds is 7. The number of nitrogens with zero attached hydrogens (tertiary/aromatic N) is 2. The smallest absolute Gasteiger partial charge is 0.324 e. The van der Waals surface area contributed by atoms with Gasteiger partial charge in [0.15, 0.2) is 0 Å². The van der Waals surface area contributed by atoms with Gasteiger partial charge in [-0.1, -0.05) is 6.92 Å². The Hall–Kier alpha value is -0.650. The van der Waals surface area contributed by atoms with Gasteiger partial charge in [-0.05, 0) is 53.5 Å². The Labute approximate surface area is 117 Å². The summed E-state index contributed by atoms with van der Waals surface area (Å²) in [5.74, 6) is -0.150. The first-order valence-electron chi connectivity index (χ1n) is 7.38. The van der Waals surface area contributed by atoms with Crippen LogP contribution in [0.5, 0.6) is 0 Å². The second-order valence-corrected chi connectivity index (χ2v) is 5.20. The van der Waals surface area contributed by atoms with Gasteiger partial charge >= 0.3 is 5.97 Å². The van der Waals surface area contributed by atoms with Crippen LogP contribution in [0.4, 0.5) is 0 Å². The van der Waals surface area contributed by atoms with Gasteiger partial charge in [0.2, 0.25) is 0 Å². The summed E-state index contributed by atoms with van der Waals surface area (Å²) in [6.07, 6.45) is 2.37. The molecule has 0 aromatic rings. The molecule has 1 aliphatic rings. The van der Waals surface area contributed by atoms with Crippen LogP contribution in [0.1, 0.15) is 26.7 Å². The molecule has 0 amide bonds. The third kappa shape index (κ3) is 5.09. The lowest BCUT2D eigenvalue weighted by molar-refractivity contribution is -0.146. The van der Waals surface area contributed by atoms with Crippen molar-refractivity contribution in [2.45, 2.75) is 38.8 Å². The molecule has 0 spiro atoms. The van der Waals surface area contributed by atoms with Gasteiger partial charge in [0.1, 0.15) is 6.04 Å². The zero-order valence-corrected chi connectivity index (χ0v) is 12.8. The van der Waals surface area contributed by atoms with Gasteiger partial charge in [-0.3, -0.25) is 4.79 Å². The molecule has 1 unspecified atom stereocenters. The fraction of sp³-hybridized carbons (Fsp3) is 0.929. The third-order valence-corrected chi connectivity index (χ3v) is 4.02. The number of likely N-dealkylation sites (N-methyl/N-ethyl adjacent to an activating group) is 2. The molecule has 1 rings (SSSR count). The molecule has 19 heavy (non-hydrogen) atoms. The quantitative estimate of drug-likeness (QED) is 0.685. The Balaban J connectivity index is 2.40. The lowest BCUT2D eigenvalue weighted by Gasteiger charge is -2.37. The van der Waals surface area contributed by atoms with Crippen molar-refractivity contribution >= 4 is 5.97 Å². The molecule has 0 aromatic carbocycles. The number of hydrogen-bond acceptors (Lipinski definition) is 5. The first-order valence-corrected chi connectivity index (χ1v) is 7.38. The van der Waals surface area contributed by atoms with E-state index in [-0.39, 0.29) is 12.0 Å². The normalized spacial score (nSPS) is 19.6. The highest BCUT2D eigenvalue weighted by molar-refractivity contribution is 5.76. The summed E-state index contributed by atoms with van der Waals surface area (Å²) in [7, 11) is 3.92. The van der Waals surface area contributed by atoms with Gasteiger partial charge in [0, 0.05) is 12.6 Å². The fourth-order valence-corrected chi connectivity index (χ4v) is 2.64. The first kappa shape index (κ1) is 16.4. The number of likely N-dealkylation sites (tertiary alicyclic amines) is 1. The summed E-state index contributed by atoms with van der Waals surface area (Å²) in [6.45, 7) is 8.67. The molecule has 1 heterocycles. The number of nitrogens with one attached hydrogen (secondary N) is 1. The van der Waals surface area contributed by atoms with Crippen molar-refractivity contribution in [3.8, 4) is 0 Å². The molecular formula is C14H29N3O2. The van der Waals surface area contributed by atoms with Crippen molar-refractivity contribution < 1.29 is 9.53 Å². The zero-order valence-electron chi connectivity index (χ0n) is 12.8. The maximum Gasteiger partial charge on any atom is 0.324 e. The average Bonchev–Trinajstić information content (AvgIpc) is 2.44. The van der Waals surface area contributed by atoms with E-state index in [1.807, 2.05) is 14.0 Å². The SMILES string of the molecule is CCOC(=O)C(CN(C)C1CCN(CC)CC1)NC. The molecule has 112 valence electrons. The van der Waals surface area contributed by atoms with Crippen LogP contribution in [0.25, 0.3) is 0 Å². The molecule has 5 heteroatoms. The molecule has 1 fully saturated rings. The van der Waals surface area contributed by atoms with Crippen LogP contribution in [-0.4, -0.2) is 74.7 Å². The summed E-state index contributed by atoms with van der Waals surface area (Å²) in [5, 5.41) is 3.05. The van der Waals surface area contributed by atoms with Crippen molar-refractivity contribution in [1.29, 1.82) is 0 Å². The minimum Gasteiger partial charge on any atom is -0.465 e. The van der Waals surface area contributed by atoms with E-state index in [9.17, 15) is 4.79 Å². The molecule has 0 radical (unpaired) electrons. The zero-order chi connectivity index (χ0) is 14.3. The van der Waals surface area contributed by atoms with Gasteiger partial charge in [-0.25, -0.2) is 0 Å². The lowest BCUT2D eigenvalue weighted by Crippen LogP contribution is -2.50. The Morgan fingerprint density at radius 1 is 1.42 bits per heavy atom. The summed E-state index contributed by atoms with van der Waals surface area (Å²) < 4.78 is 5.08. The number of ether oxygens (including phenoxy) is 1. The molecule has 0 aromatic heterocycles. The fourth-order valence-electron chi connectivity index (χ4n) is 2.64. The summed E-state index contributed by atoms with van der Waals surface area (Å²) in [6, 6.07) is 0.349. The molecule has 1 aliphatic heterocycles. The largest absolute Gasteiger partial charge is 0.465 e. The first-order chi connectivity index (χ1) is 9.12. The van der Waals surface area contributed by atoms with E-state index in [2.05, 4.69) is 29.1 Å². The summed E-state index contributed by atoms with van der Waals surface area (Å²) in [4.78, 5) is 16.5. The second-order valence-electron chi connectivity index (χ2n) is 5.20. The predicted molar refractivity (Wildman–Crippen MR) is 77.2 cm³/mol. The Bertz CT molecular complexity index is 265. The Kier molecular flexibility index (Phi) is 7.34. The maximum absolute atomic E-state index is 11.8. The summed E-state index contributed by atoms with van der Waals surface area (Å²) >= 11 is 0. The highest BCUT2D eigenvalue weighted by Gasteiger charge is 2.26. The van der Waals surface area contributed by atoms with Crippen LogP contribution in [0.2, 0.25) is 0 Å². The molecule has 0 bridgehead atoms. The number of carbonyl (C=O) groups excluding carboxylic acids is 1. The van der Waals surface area contributed by atoms with E-state index in [1.165, 1.54) is 12.8 Å². The third-order valence-electron chi connectivity index (χ3n) is 4.02. The van der Waals surface area contributed by atoms with Crippen molar-refractivity contribution in [2.75, 3.05) is 46.9 Å². The lowest BCUT2D eigenvalue weighted by atomic mass is 10.0. The maximum atomic E-state index is 11.8. The van der Waals surface area contributed by atoms with E-state index in [4.69, 9.17) is 4.74 Å². The molecule has 5 nitrogen and oxygen atoms in total. The molecule has 0 aliphatic carbocycles. The van der Waals surface area contributed by atoms with Gasteiger partial charge in [0.25, 0.3) is 0 Å². The highest BCUT2D eigenvalue weighted by atomic mass is 16.5. The molecule has 1 saturated heterocycles. The second kappa shape index (κ2) is 8.51. The number of hydrogen-bond donors (Lipinski definition) is 1. The monoisotopic (exact) mass is 271 g/mol. The standard InChI is InChI=1S/C14H29N3O2/c1-5-17-9-7-12(8-10-17)16(4)11-13(15-3)14(18)19-6-2/h12-13,15H,5-11H2,1-4H3. The average molecular weight is 271 g/mol. The Morgan fingerprint density at radius 2 is 2.05 bits per heavy atom. The van der Waals surface area contributed by atoms with E-state index >= 15 is 0 Å². The van der Waals surface area contributed by atoms with Crippen molar-refractivity contribution in [3.63, 3.8) is 0 Å². The van der Waals surface area contributed by atoms with Gasteiger partial charge < -0.3 is 19.9 Å². The van der Waals surface area contributed by atoms with Crippen LogP contribution < -0.4 is 5.32 Å². The minimum absolute atomic E-state index is 0.150. The topological polar surface area (TPSA) is 44.8 Å². The molecular weight excluding hydrogens is 242 g/mol. The van der Waals surface area contributed by atoms with Gasteiger partial charge in [-0.15, -0.1) is 0 Å². The minimum atomic E-state index is -0.228. The van der Waals surface area contributed by atoms with Crippen LogP contribution in [0.3, 0.4) is 0 Å². The predicted octanol–water partition coefficient (Wildman–Crippen LogP) is 0.554. The van der Waals surface area contributed by atoms with E-state index < -0.39 is 0 Å². The molecule has 1 atom stereocenters. The Morgan fingerprint density at radius 3 is 2.53 bits per heavy atom. The van der Waals surface area contributed by atoms with Crippen LogP contribution in [0, 0.1) is 0 Å². The van der Waals surface area contributed by atoms with Crippen LogP contribution >= 0.6 is 0 Å². The number of piperidine rings is 1. The van der Waals surface area contributed by atoms with E-state index in [0.717, 1.165) is 19.6 Å². The van der Waals surface area contributed by atoms with Crippen molar-refractivity contribution in [2.24, 2.45) is 0 Å². The van der Waals surface area contributed by atoms with Crippen molar-refractivity contribution in [1.82, 2.24) is 15.1 Å². The molecule has 0 saturated carbocycles. The molecule has 1 N–H and O–H groups in total. The van der Waals surface area contributed by atoms with Crippen LogP contribution in [-0.2, 0) is 9.53 Å².